The maximum atomic E-state index is 12.8. The maximum absolute atomic E-state index is 12.8. The van der Waals surface area contributed by atoms with Gasteiger partial charge in [-0.25, -0.2) is 13.1 Å². The summed E-state index contributed by atoms with van der Waals surface area (Å²) in [4.78, 5) is 15.4. The van der Waals surface area contributed by atoms with E-state index in [1.54, 1.807) is 34.0 Å². The molecule has 7 nitrogen and oxygen atoms in total. The van der Waals surface area contributed by atoms with Crippen LogP contribution in [0.25, 0.3) is 5.69 Å². The van der Waals surface area contributed by atoms with Gasteiger partial charge < -0.3 is 4.90 Å². The second-order valence-corrected chi connectivity index (χ2v) is 10.0. The first-order chi connectivity index (χ1) is 13.4. The Kier molecular flexibility index (Phi) is 5.05. The molecule has 1 amide bonds. The lowest BCUT2D eigenvalue weighted by Crippen LogP contribution is -2.50. The smallest absolute Gasteiger partial charge is 0.253 e. The van der Waals surface area contributed by atoms with Crippen LogP contribution in [-0.4, -0.2) is 59.5 Å². The van der Waals surface area contributed by atoms with Crippen LogP contribution in [0.4, 0.5) is 0 Å². The fourth-order valence-corrected chi connectivity index (χ4v) is 6.03. The summed E-state index contributed by atoms with van der Waals surface area (Å²) in [5, 5.41) is 4.17. The van der Waals surface area contributed by atoms with Gasteiger partial charge in [-0.05, 0) is 49.4 Å². The molecule has 28 heavy (non-hydrogen) atoms. The number of carbonyl (C=O) groups is 1. The highest BCUT2D eigenvalue weighted by atomic mass is 32.2. The minimum Gasteiger partial charge on any atom is -0.336 e. The van der Waals surface area contributed by atoms with Crippen LogP contribution in [-0.2, 0) is 10.0 Å². The van der Waals surface area contributed by atoms with Crippen molar-refractivity contribution in [3.63, 3.8) is 0 Å². The number of nitrogens with zero attached hydrogens (tertiary/aromatic N) is 4. The van der Waals surface area contributed by atoms with E-state index in [0.717, 1.165) is 10.6 Å². The highest BCUT2D eigenvalue weighted by molar-refractivity contribution is 7.91. The van der Waals surface area contributed by atoms with Crippen LogP contribution < -0.4 is 0 Å². The molecule has 0 radical (unpaired) electrons. The Morgan fingerprint density at radius 2 is 1.75 bits per heavy atom. The fraction of sp³-hybridized carbons (Fsp3) is 0.263. The largest absolute Gasteiger partial charge is 0.336 e. The topological polar surface area (TPSA) is 75.5 Å². The molecule has 0 N–H and O–H groups in total. The molecule has 0 spiro atoms. The molecule has 146 valence electrons. The Labute approximate surface area is 167 Å². The molecule has 0 aliphatic carbocycles. The summed E-state index contributed by atoms with van der Waals surface area (Å²) in [5.41, 5.74) is 1.46. The van der Waals surface area contributed by atoms with Crippen molar-refractivity contribution in [2.24, 2.45) is 0 Å². The molecule has 0 unspecified atom stereocenters. The summed E-state index contributed by atoms with van der Waals surface area (Å²) in [6.07, 6.45) is 3.54. The van der Waals surface area contributed by atoms with Crippen LogP contribution in [0.1, 0.15) is 15.2 Å². The van der Waals surface area contributed by atoms with Crippen molar-refractivity contribution in [2.75, 3.05) is 26.2 Å². The van der Waals surface area contributed by atoms with Gasteiger partial charge in [0.05, 0.1) is 5.69 Å². The third kappa shape index (κ3) is 3.60. The number of rotatable bonds is 4. The van der Waals surface area contributed by atoms with Crippen molar-refractivity contribution >= 4 is 27.3 Å². The highest BCUT2D eigenvalue weighted by Crippen LogP contribution is 2.25. The van der Waals surface area contributed by atoms with Gasteiger partial charge in [0.15, 0.2) is 0 Å². The molecule has 1 fully saturated rings. The zero-order valence-electron chi connectivity index (χ0n) is 15.4. The molecule has 0 saturated carbocycles. The Bertz CT molecular complexity index is 1060. The van der Waals surface area contributed by atoms with Crippen LogP contribution in [0.5, 0.6) is 0 Å². The van der Waals surface area contributed by atoms with Crippen LogP contribution in [0.2, 0.25) is 0 Å². The van der Waals surface area contributed by atoms with Crippen molar-refractivity contribution in [1.29, 1.82) is 0 Å². The van der Waals surface area contributed by atoms with E-state index >= 15 is 0 Å². The molecule has 1 aliphatic heterocycles. The molecule has 0 atom stereocenters. The van der Waals surface area contributed by atoms with E-state index in [-0.39, 0.29) is 5.91 Å². The van der Waals surface area contributed by atoms with Gasteiger partial charge in [-0.15, -0.1) is 11.3 Å². The lowest BCUT2D eigenvalue weighted by molar-refractivity contribution is 0.0698. The summed E-state index contributed by atoms with van der Waals surface area (Å²) >= 11 is 1.28. The molecule has 3 heterocycles. The lowest BCUT2D eigenvalue weighted by atomic mass is 10.1. The van der Waals surface area contributed by atoms with Crippen molar-refractivity contribution in [3.8, 4) is 5.69 Å². The first-order valence-corrected chi connectivity index (χ1v) is 11.2. The SMILES string of the molecule is Cc1ccc(S(=O)(=O)N2CCN(C(=O)c3ccc(-n4cccn4)cc3)CC2)s1. The molecule has 3 aromatic rings. The second-order valence-electron chi connectivity index (χ2n) is 6.56. The predicted molar refractivity (Wildman–Crippen MR) is 107 cm³/mol. The number of piperazine rings is 1. The van der Waals surface area contributed by atoms with Crippen LogP contribution >= 0.6 is 11.3 Å². The van der Waals surface area contributed by atoms with Crippen LogP contribution in [0.15, 0.2) is 59.1 Å². The first kappa shape index (κ1) is 18.9. The van der Waals surface area contributed by atoms with E-state index in [1.807, 2.05) is 37.4 Å². The Morgan fingerprint density at radius 3 is 2.32 bits per heavy atom. The predicted octanol–water partition coefficient (Wildman–Crippen LogP) is 2.39. The number of hydrogen-bond donors (Lipinski definition) is 0. The molecular formula is C19H20N4O3S2. The van der Waals surface area contributed by atoms with Crippen molar-refractivity contribution in [1.82, 2.24) is 19.0 Å². The summed E-state index contributed by atoms with van der Waals surface area (Å²) < 4.78 is 29.0. The van der Waals surface area contributed by atoms with E-state index in [2.05, 4.69) is 5.10 Å². The maximum Gasteiger partial charge on any atom is 0.253 e. The summed E-state index contributed by atoms with van der Waals surface area (Å²) in [6, 6.07) is 12.5. The normalized spacial score (nSPS) is 15.7. The number of aryl methyl sites for hydroxylation is 1. The number of aromatic nitrogens is 2. The second kappa shape index (κ2) is 7.50. The van der Waals surface area contributed by atoms with Gasteiger partial charge in [0.25, 0.3) is 15.9 Å². The number of amides is 1. The van der Waals surface area contributed by atoms with E-state index in [4.69, 9.17) is 0 Å². The van der Waals surface area contributed by atoms with Gasteiger partial charge in [-0.1, -0.05) is 0 Å². The first-order valence-electron chi connectivity index (χ1n) is 8.91. The average Bonchev–Trinajstić information content (AvgIpc) is 3.40. The zero-order valence-corrected chi connectivity index (χ0v) is 17.0. The lowest BCUT2D eigenvalue weighted by Gasteiger charge is -2.33. The molecular weight excluding hydrogens is 396 g/mol. The number of sulfonamides is 1. The monoisotopic (exact) mass is 416 g/mol. The molecule has 4 rings (SSSR count). The summed E-state index contributed by atoms with van der Waals surface area (Å²) in [6.45, 7) is 3.25. The van der Waals surface area contributed by atoms with Crippen molar-refractivity contribution in [3.05, 3.63) is 65.3 Å². The van der Waals surface area contributed by atoms with Crippen LogP contribution in [0.3, 0.4) is 0 Å². The van der Waals surface area contributed by atoms with Gasteiger partial charge in [0, 0.05) is 49.0 Å². The average molecular weight is 417 g/mol. The van der Waals surface area contributed by atoms with Gasteiger partial charge in [-0.3, -0.25) is 4.79 Å². The van der Waals surface area contributed by atoms with E-state index in [0.29, 0.717) is 36.0 Å². The van der Waals surface area contributed by atoms with Crippen LogP contribution in [0, 0.1) is 6.92 Å². The summed E-state index contributed by atoms with van der Waals surface area (Å²) in [5.74, 6) is -0.0870. The zero-order chi connectivity index (χ0) is 19.7. The van der Waals surface area contributed by atoms with Crippen molar-refractivity contribution < 1.29 is 13.2 Å². The molecule has 1 aliphatic rings. The molecule has 1 aromatic carbocycles. The number of hydrogen-bond acceptors (Lipinski definition) is 5. The van der Waals surface area contributed by atoms with Gasteiger partial charge in [-0.2, -0.15) is 9.40 Å². The third-order valence-electron chi connectivity index (χ3n) is 4.72. The molecule has 1 saturated heterocycles. The van der Waals surface area contributed by atoms with Crippen molar-refractivity contribution in [2.45, 2.75) is 11.1 Å². The Hall–Kier alpha value is -2.49. The van der Waals surface area contributed by atoms with Gasteiger partial charge in [0.1, 0.15) is 4.21 Å². The van der Waals surface area contributed by atoms with Gasteiger partial charge >= 0.3 is 0 Å². The molecule has 2 aromatic heterocycles. The van der Waals surface area contributed by atoms with E-state index < -0.39 is 10.0 Å². The third-order valence-corrected chi connectivity index (χ3v) is 8.09. The standard InChI is InChI=1S/C19H20N4O3S2/c1-15-3-8-18(27-15)28(25,26)22-13-11-21(12-14-22)19(24)16-4-6-17(7-5-16)23-10-2-9-20-23/h2-10H,11-14H2,1H3. The molecule has 9 heteroatoms. The van der Waals surface area contributed by atoms with E-state index in [1.165, 1.54) is 15.6 Å². The minimum absolute atomic E-state index is 0.0870. The van der Waals surface area contributed by atoms with Gasteiger partial charge in [0.2, 0.25) is 0 Å². The summed E-state index contributed by atoms with van der Waals surface area (Å²) in [7, 11) is -3.48. The minimum atomic E-state index is -3.48. The Morgan fingerprint density at radius 1 is 1.04 bits per heavy atom. The molecule has 0 bridgehead atoms. The quantitative estimate of drug-likeness (QED) is 0.654. The number of thiophene rings is 1. The van der Waals surface area contributed by atoms with E-state index in [9.17, 15) is 13.2 Å². The number of benzene rings is 1. The highest BCUT2D eigenvalue weighted by Gasteiger charge is 2.31. The fourth-order valence-electron chi connectivity index (χ4n) is 3.17. The number of carbonyl (C=O) groups excluding carboxylic acids is 1. The Balaban J connectivity index is 1.41.